The minimum absolute atomic E-state index is 0.0561. The molecule has 0 fully saturated rings. The Morgan fingerprint density at radius 3 is 2.52 bits per heavy atom. The van der Waals surface area contributed by atoms with Crippen molar-refractivity contribution >= 4 is 27.3 Å². The van der Waals surface area contributed by atoms with Crippen molar-refractivity contribution in [2.45, 2.75) is 11.2 Å². The predicted molar refractivity (Wildman–Crippen MR) is 70.5 cm³/mol. The van der Waals surface area contributed by atoms with Crippen molar-refractivity contribution in [3.05, 3.63) is 41.3 Å². The summed E-state index contributed by atoms with van der Waals surface area (Å²) in [6, 6.07) is 3.87. The third-order valence-corrected chi connectivity index (χ3v) is 4.39. The number of rotatable bonds is 3. The van der Waals surface area contributed by atoms with Crippen molar-refractivity contribution in [2.75, 3.05) is 4.72 Å². The van der Waals surface area contributed by atoms with Crippen LogP contribution in [0.4, 0.5) is 18.9 Å². The fourth-order valence-corrected chi connectivity index (χ4v) is 2.96. The van der Waals surface area contributed by atoms with E-state index in [1.807, 2.05) is 0 Å². The van der Waals surface area contributed by atoms with Gasteiger partial charge >= 0.3 is 6.18 Å². The zero-order chi connectivity index (χ0) is 15.8. The Balaban J connectivity index is 2.36. The Kier molecular flexibility index (Phi) is 3.89. The molecule has 0 saturated carbocycles. The van der Waals surface area contributed by atoms with Crippen LogP contribution in [-0.2, 0) is 23.2 Å². The molecule has 5 nitrogen and oxygen atoms in total. The standard InChI is InChI=1S/C11H9ClF3N3O2S/c1-18-9(6-16-10(18)12)21(19,20)17-8-4-2-3-7(5-8)11(13,14)15/h2-6,17H,1H3. The van der Waals surface area contributed by atoms with Crippen LogP contribution in [0.5, 0.6) is 0 Å². The second-order valence-electron chi connectivity index (χ2n) is 4.11. The number of benzene rings is 1. The summed E-state index contributed by atoms with van der Waals surface area (Å²) in [5, 5.41) is -0.315. The molecule has 0 atom stereocenters. The maximum absolute atomic E-state index is 12.6. The second kappa shape index (κ2) is 5.23. The molecule has 0 aliphatic carbocycles. The molecule has 0 aliphatic heterocycles. The van der Waals surface area contributed by atoms with E-state index in [2.05, 4.69) is 9.71 Å². The molecule has 0 bridgehead atoms. The summed E-state index contributed by atoms with van der Waals surface area (Å²) in [4.78, 5) is 3.61. The van der Waals surface area contributed by atoms with E-state index in [1.165, 1.54) is 13.1 Å². The summed E-state index contributed by atoms with van der Waals surface area (Å²) in [6.45, 7) is 0. The first-order chi connectivity index (χ1) is 9.61. The Morgan fingerprint density at radius 2 is 2.00 bits per heavy atom. The van der Waals surface area contributed by atoms with Crippen LogP contribution >= 0.6 is 11.6 Å². The third kappa shape index (κ3) is 3.30. The molecule has 10 heteroatoms. The molecule has 0 spiro atoms. The number of aromatic nitrogens is 2. The summed E-state index contributed by atoms with van der Waals surface area (Å²) >= 11 is 5.63. The summed E-state index contributed by atoms with van der Waals surface area (Å²) in [7, 11) is -2.72. The number of imidazole rings is 1. The largest absolute Gasteiger partial charge is 0.416 e. The van der Waals surface area contributed by atoms with Crippen molar-refractivity contribution in [1.82, 2.24) is 9.55 Å². The van der Waals surface area contributed by atoms with Crippen LogP contribution < -0.4 is 4.72 Å². The Hall–Kier alpha value is -1.74. The van der Waals surface area contributed by atoms with E-state index in [0.717, 1.165) is 22.9 Å². The van der Waals surface area contributed by atoms with Gasteiger partial charge in [0.05, 0.1) is 11.8 Å². The number of nitrogens with one attached hydrogen (secondary N) is 1. The third-order valence-electron chi connectivity index (χ3n) is 2.61. The van der Waals surface area contributed by atoms with Crippen LogP contribution in [0.3, 0.4) is 0 Å². The second-order valence-corrected chi connectivity index (χ2v) is 6.08. The van der Waals surface area contributed by atoms with Gasteiger partial charge in [-0.15, -0.1) is 0 Å². The van der Waals surface area contributed by atoms with Crippen LogP contribution in [0.25, 0.3) is 0 Å². The Labute approximate surface area is 123 Å². The molecule has 0 amide bonds. The highest BCUT2D eigenvalue weighted by Gasteiger charge is 2.31. The maximum Gasteiger partial charge on any atom is 0.416 e. The van der Waals surface area contributed by atoms with Crippen LogP contribution in [0.2, 0.25) is 5.28 Å². The molecular formula is C11H9ClF3N3O2S. The predicted octanol–water partition coefficient (Wildman–Crippen LogP) is 2.89. The van der Waals surface area contributed by atoms with E-state index >= 15 is 0 Å². The molecule has 114 valence electrons. The maximum atomic E-state index is 12.6. The van der Waals surface area contributed by atoms with Gasteiger partial charge < -0.3 is 4.57 Å². The van der Waals surface area contributed by atoms with Crippen molar-refractivity contribution in [1.29, 1.82) is 0 Å². The average molecular weight is 340 g/mol. The van der Waals surface area contributed by atoms with E-state index in [0.29, 0.717) is 6.07 Å². The van der Waals surface area contributed by atoms with Gasteiger partial charge in [0.15, 0.2) is 5.03 Å². The van der Waals surface area contributed by atoms with Gasteiger partial charge in [-0.2, -0.15) is 21.6 Å². The van der Waals surface area contributed by atoms with Crippen molar-refractivity contribution in [2.24, 2.45) is 7.05 Å². The van der Waals surface area contributed by atoms with Crippen LogP contribution in [0, 0.1) is 0 Å². The van der Waals surface area contributed by atoms with Gasteiger partial charge in [0.25, 0.3) is 10.0 Å². The summed E-state index contributed by atoms with van der Waals surface area (Å²) in [5.41, 5.74) is -1.16. The van der Waals surface area contributed by atoms with Gasteiger partial charge in [0.2, 0.25) is 5.28 Å². The number of halogens is 4. The number of sulfonamides is 1. The molecular weight excluding hydrogens is 331 g/mol. The van der Waals surface area contributed by atoms with E-state index in [1.54, 1.807) is 0 Å². The monoisotopic (exact) mass is 339 g/mol. The van der Waals surface area contributed by atoms with Crippen LogP contribution in [-0.4, -0.2) is 18.0 Å². The molecule has 21 heavy (non-hydrogen) atoms. The van der Waals surface area contributed by atoms with Crippen molar-refractivity contribution < 1.29 is 21.6 Å². The van der Waals surface area contributed by atoms with E-state index in [9.17, 15) is 21.6 Å². The molecule has 0 saturated heterocycles. The number of hydrogen-bond donors (Lipinski definition) is 1. The molecule has 1 N–H and O–H groups in total. The minimum Gasteiger partial charge on any atom is -0.307 e. The van der Waals surface area contributed by atoms with Gasteiger partial charge in [-0.1, -0.05) is 6.07 Å². The minimum atomic E-state index is -4.56. The molecule has 2 rings (SSSR count). The molecule has 0 unspecified atom stereocenters. The summed E-state index contributed by atoms with van der Waals surface area (Å²) in [5.74, 6) is 0. The smallest absolute Gasteiger partial charge is 0.307 e. The number of alkyl halides is 3. The molecule has 0 aliphatic rings. The lowest BCUT2D eigenvalue weighted by atomic mass is 10.2. The van der Waals surface area contributed by atoms with Gasteiger partial charge in [0.1, 0.15) is 0 Å². The first-order valence-corrected chi connectivity index (χ1v) is 7.34. The topological polar surface area (TPSA) is 64.0 Å². The van der Waals surface area contributed by atoms with Crippen molar-refractivity contribution in [3.8, 4) is 0 Å². The molecule has 1 aromatic heterocycles. The fraction of sp³-hybridized carbons (Fsp3) is 0.182. The number of anilines is 1. The fourth-order valence-electron chi connectivity index (χ4n) is 1.59. The summed E-state index contributed by atoms with van der Waals surface area (Å²) in [6.07, 6.45) is -3.55. The van der Waals surface area contributed by atoms with E-state index < -0.39 is 21.8 Å². The van der Waals surface area contributed by atoms with Crippen molar-refractivity contribution in [3.63, 3.8) is 0 Å². The highest BCUT2D eigenvalue weighted by molar-refractivity contribution is 7.92. The lowest BCUT2D eigenvalue weighted by molar-refractivity contribution is -0.137. The highest BCUT2D eigenvalue weighted by atomic mass is 35.5. The zero-order valence-electron chi connectivity index (χ0n) is 10.5. The van der Waals surface area contributed by atoms with Crippen LogP contribution in [0.1, 0.15) is 5.56 Å². The SMILES string of the molecule is Cn1c(S(=O)(=O)Nc2cccc(C(F)(F)F)c2)cnc1Cl. The van der Waals surface area contributed by atoms with Gasteiger partial charge in [-0.25, -0.2) is 4.98 Å². The van der Waals surface area contributed by atoms with E-state index in [4.69, 9.17) is 11.6 Å². The highest BCUT2D eigenvalue weighted by Crippen LogP contribution is 2.31. The number of hydrogen-bond acceptors (Lipinski definition) is 3. The number of nitrogens with zero attached hydrogens (tertiary/aromatic N) is 2. The Bertz CT molecular complexity index is 771. The zero-order valence-corrected chi connectivity index (χ0v) is 12.1. The van der Waals surface area contributed by atoms with Crippen LogP contribution in [0.15, 0.2) is 35.5 Å². The molecule has 1 aromatic carbocycles. The first kappa shape index (κ1) is 15.6. The molecule has 2 aromatic rings. The lowest BCUT2D eigenvalue weighted by Crippen LogP contribution is -2.16. The Morgan fingerprint density at radius 1 is 1.33 bits per heavy atom. The molecule has 0 radical (unpaired) electrons. The van der Waals surface area contributed by atoms with Gasteiger partial charge in [-0.05, 0) is 29.8 Å². The van der Waals surface area contributed by atoms with Gasteiger partial charge in [0, 0.05) is 12.7 Å². The quantitative estimate of drug-likeness (QED) is 0.935. The summed E-state index contributed by atoms with van der Waals surface area (Å²) < 4.78 is 65.1. The molecule has 1 heterocycles. The normalized spacial score (nSPS) is 12.4. The average Bonchev–Trinajstić information content (AvgIpc) is 2.69. The van der Waals surface area contributed by atoms with E-state index in [-0.39, 0.29) is 16.0 Å². The van der Waals surface area contributed by atoms with Gasteiger partial charge in [-0.3, -0.25) is 4.72 Å². The lowest BCUT2D eigenvalue weighted by Gasteiger charge is -2.11. The first-order valence-electron chi connectivity index (χ1n) is 5.48.